The Morgan fingerprint density at radius 2 is 1.89 bits per heavy atom. The molecule has 0 radical (unpaired) electrons. The number of aryl methyl sites for hydroxylation is 2. The van der Waals surface area contributed by atoms with E-state index in [1.165, 1.54) is 12.1 Å². The molecular formula is C29H35FN4O3. The number of ketones is 1. The van der Waals surface area contributed by atoms with Crippen molar-refractivity contribution in [3.8, 4) is 0 Å². The topological polar surface area (TPSA) is 82.6 Å². The SMILES string of the molecule is Cc1ccnc(C)c1C(=O)N1CC2CN(CCC(NC(=O)C3CCC(=O)C3)c3cccc(F)c3)C[C@H]2C1. The van der Waals surface area contributed by atoms with Crippen molar-refractivity contribution in [1.82, 2.24) is 20.1 Å². The maximum atomic E-state index is 14.0. The molecule has 1 aromatic heterocycles. The van der Waals surface area contributed by atoms with E-state index in [0.29, 0.717) is 37.5 Å². The fraction of sp³-hybridized carbons (Fsp3) is 0.517. The van der Waals surface area contributed by atoms with E-state index in [0.717, 1.165) is 55.1 Å². The highest BCUT2D eigenvalue weighted by atomic mass is 19.1. The number of hydrogen-bond donors (Lipinski definition) is 1. The molecule has 2 aromatic rings. The normalized spacial score (nSPS) is 24.4. The van der Waals surface area contributed by atoms with Gasteiger partial charge in [-0.1, -0.05) is 12.1 Å². The van der Waals surface area contributed by atoms with E-state index in [1.54, 1.807) is 12.3 Å². The molecule has 2 saturated heterocycles. The molecule has 0 bridgehead atoms. The number of aromatic nitrogens is 1. The number of pyridine rings is 1. The minimum absolute atomic E-state index is 0.0725. The quantitative estimate of drug-likeness (QED) is 0.622. The van der Waals surface area contributed by atoms with Crippen LogP contribution in [0.3, 0.4) is 0 Å². The van der Waals surface area contributed by atoms with Crippen molar-refractivity contribution in [2.24, 2.45) is 17.8 Å². The van der Waals surface area contributed by atoms with Crippen molar-refractivity contribution in [2.75, 3.05) is 32.7 Å². The van der Waals surface area contributed by atoms with E-state index in [2.05, 4.69) is 15.2 Å². The summed E-state index contributed by atoms with van der Waals surface area (Å²) in [6.07, 6.45) is 3.74. The zero-order chi connectivity index (χ0) is 26.1. The summed E-state index contributed by atoms with van der Waals surface area (Å²) in [7, 11) is 0. The molecule has 3 unspecified atom stereocenters. The number of nitrogens with zero attached hydrogens (tertiary/aromatic N) is 3. The Hall–Kier alpha value is -3.13. The third kappa shape index (κ3) is 5.59. The molecule has 1 N–H and O–H groups in total. The van der Waals surface area contributed by atoms with Gasteiger partial charge in [0.1, 0.15) is 11.6 Å². The first-order valence-corrected chi connectivity index (χ1v) is 13.3. The number of carbonyl (C=O) groups excluding carboxylic acids is 3. The molecule has 1 aliphatic carbocycles. The van der Waals surface area contributed by atoms with Crippen LogP contribution in [-0.4, -0.2) is 65.1 Å². The second-order valence-corrected chi connectivity index (χ2v) is 11.0. The molecule has 5 rings (SSSR count). The summed E-state index contributed by atoms with van der Waals surface area (Å²) < 4.78 is 14.0. The van der Waals surface area contributed by atoms with Gasteiger partial charge >= 0.3 is 0 Å². The molecule has 2 amide bonds. The third-order valence-corrected chi connectivity index (χ3v) is 8.33. The fourth-order valence-corrected chi connectivity index (χ4v) is 6.30. The minimum atomic E-state index is -0.327. The number of benzene rings is 1. The summed E-state index contributed by atoms with van der Waals surface area (Å²) in [6.45, 7) is 7.91. The number of likely N-dealkylation sites (tertiary alicyclic amines) is 2. The van der Waals surface area contributed by atoms with Gasteiger partial charge in [0.25, 0.3) is 5.91 Å². The zero-order valence-electron chi connectivity index (χ0n) is 21.6. The highest BCUT2D eigenvalue weighted by molar-refractivity contribution is 5.96. The van der Waals surface area contributed by atoms with E-state index >= 15 is 0 Å². The van der Waals surface area contributed by atoms with Gasteiger partial charge in [0.2, 0.25) is 5.91 Å². The number of halogens is 1. The van der Waals surface area contributed by atoms with E-state index in [-0.39, 0.29) is 35.4 Å². The van der Waals surface area contributed by atoms with E-state index in [9.17, 15) is 18.8 Å². The Kier molecular flexibility index (Phi) is 7.38. The van der Waals surface area contributed by atoms with Crippen LogP contribution in [0.1, 0.15) is 58.9 Å². The van der Waals surface area contributed by atoms with Crippen molar-refractivity contribution in [3.63, 3.8) is 0 Å². The van der Waals surface area contributed by atoms with Crippen LogP contribution in [0.15, 0.2) is 36.5 Å². The average molecular weight is 507 g/mol. The summed E-state index contributed by atoms with van der Waals surface area (Å²) >= 11 is 0. The Labute approximate surface area is 217 Å². The number of amides is 2. The average Bonchev–Trinajstić information content (AvgIpc) is 3.56. The van der Waals surface area contributed by atoms with E-state index < -0.39 is 0 Å². The second-order valence-electron chi connectivity index (χ2n) is 11.0. The summed E-state index contributed by atoms with van der Waals surface area (Å²) in [4.78, 5) is 46.4. The van der Waals surface area contributed by atoms with Gasteiger partial charge in [-0.2, -0.15) is 0 Å². The summed E-state index contributed by atoms with van der Waals surface area (Å²) in [5.74, 6) is 0.322. The molecule has 8 heteroatoms. The van der Waals surface area contributed by atoms with Crippen molar-refractivity contribution in [1.29, 1.82) is 0 Å². The number of carbonyl (C=O) groups is 3. The number of rotatable bonds is 7. The summed E-state index contributed by atoms with van der Waals surface area (Å²) in [6, 6.07) is 7.97. The summed E-state index contributed by atoms with van der Waals surface area (Å²) in [5, 5.41) is 3.10. The highest BCUT2D eigenvalue weighted by Crippen LogP contribution is 2.33. The van der Waals surface area contributed by atoms with Gasteiger partial charge in [0.15, 0.2) is 0 Å². The number of Topliss-reactive ketones (excluding diaryl/α,β-unsaturated/α-hetero) is 1. The molecule has 2 aliphatic heterocycles. The van der Waals surface area contributed by atoms with Crippen LogP contribution in [0.25, 0.3) is 0 Å². The number of nitrogens with one attached hydrogen (secondary N) is 1. The first-order chi connectivity index (χ1) is 17.8. The van der Waals surface area contributed by atoms with Crippen molar-refractivity contribution in [2.45, 2.75) is 45.6 Å². The van der Waals surface area contributed by atoms with Gasteiger partial charge in [0, 0.05) is 57.7 Å². The third-order valence-electron chi connectivity index (χ3n) is 8.33. The zero-order valence-corrected chi connectivity index (χ0v) is 21.6. The molecule has 0 spiro atoms. The minimum Gasteiger partial charge on any atom is -0.349 e. The van der Waals surface area contributed by atoms with Gasteiger partial charge in [-0.15, -0.1) is 0 Å². The van der Waals surface area contributed by atoms with Gasteiger partial charge in [-0.25, -0.2) is 4.39 Å². The van der Waals surface area contributed by atoms with Crippen LogP contribution in [0.5, 0.6) is 0 Å². The fourth-order valence-electron chi connectivity index (χ4n) is 6.30. The Morgan fingerprint density at radius 1 is 1.14 bits per heavy atom. The molecule has 3 fully saturated rings. The monoisotopic (exact) mass is 506 g/mol. The van der Waals surface area contributed by atoms with Crippen LogP contribution in [0, 0.1) is 37.4 Å². The molecule has 1 saturated carbocycles. The predicted molar refractivity (Wildman–Crippen MR) is 137 cm³/mol. The lowest BCUT2D eigenvalue weighted by molar-refractivity contribution is -0.127. The molecule has 3 aliphatic rings. The highest BCUT2D eigenvalue weighted by Gasteiger charge is 2.42. The first-order valence-electron chi connectivity index (χ1n) is 13.3. The molecule has 7 nitrogen and oxygen atoms in total. The van der Waals surface area contributed by atoms with Crippen LogP contribution in [0.4, 0.5) is 4.39 Å². The molecule has 1 aromatic carbocycles. The lowest BCUT2D eigenvalue weighted by Gasteiger charge is -2.26. The lowest BCUT2D eigenvalue weighted by atomic mass is 10.0. The lowest BCUT2D eigenvalue weighted by Crippen LogP contribution is -2.37. The molecule has 3 heterocycles. The van der Waals surface area contributed by atoms with E-state index in [4.69, 9.17) is 0 Å². The van der Waals surface area contributed by atoms with Crippen LogP contribution >= 0.6 is 0 Å². The number of fused-ring (bicyclic) bond motifs is 1. The smallest absolute Gasteiger partial charge is 0.255 e. The largest absolute Gasteiger partial charge is 0.349 e. The Morgan fingerprint density at radius 3 is 2.54 bits per heavy atom. The van der Waals surface area contributed by atoms with E-state index in [1.807, 2.05) is 30.9 Å². The molecule has 4 atom stereocenters. The first kappa shape index (κ1) is 25.5. The Bertz CT molecular complexity index is 1170. The van der Waals surface area contributed by atoms with Gasteiger partial charge in [-0.3, -0.25) is 19.4 Å². The second kappa shape index (κ2) is 10.7. The van der Waals surface area contributed by atoms with Gasteiger partial charge in [0.05, 0.1) is 17.3 Å². The van der Waals surface area contributed by atoms with Gasteiger partial charge < -0.3 is 15.1 Å². The van der Waals surface area contributed by atoms with Gasteiger partial charge in [-0.05, 0) is 67.9 Å². The predicted octanol–water partition coefficient (Wildman–Crippen LogP) is 3.46. The standard InChI is InChI=1S/C29H35FN4O3/c1-18-8-10-31-19(2)27(18)29(37)34-16-22-14-33(15-23(22)17-34)11-9-26(20-4-3-5-24(30)12-20)32-28(36)21-6-7-25(35)13-21/h3-5,8,10,12,21-23,26H,6-7,9,11,13-17H2,1-2H3,(H,32,36)/t21?,22-,23?,26?/m0/s1. The summed E-state index contributed by atoms with van der Waals surface area (Å²) in [5.41, 5.74) is 3.20. The van der Waals surface area contributed by atoms with Crippen molar-refractivity contribution in [3.05, 3.63) is 64.7 Å². The number of hydrogen-bond acceptors (Lipinski definition) is 5. The maximum absolute atomic E-state index is 14.0. The van der Waals surface area contributed by atoms with Crippen LogP contribution in [0.2, 0.25) is 0 Å². The van der Waals surface area contributed by atoms with Crippen molar-refractivity contribution < 1.29 is 18.8 Å². The molecular weight excluding hydrogens is 471 g/mol. The molecule has 196 valence electrons. The molecule has 37 heavy (non-hydrogen) atoms. The maximum Gasteiger partial charge on any atom is 0.255 e. The van der Waals surface area contributed by atoms with Crippen LogP contribution in [-0.2, 0) is 9.59 Å². The Balaban J connectivity index is 1.19. The van der Waals surface area contributed by atoms with Crippen molar-refractivity contribution >= 4 is 17.6 Å². The van der Waals surface area contributed by atoms with Crippen LogP contribution < -0.4 is 5.32 Å².